The smallest absolute Gasteiger partial charge is 1.00 e. The molecular formula is C21H42AlF2LiN2O6. The number of aliphatic hydroxyl groups excluding tert-OH is 1. The Morgan fingerprint density at radius 3 is 2.00 bits per heavy atom. The Kier molecular flexibility index (Phi) is 18.0. The van der Waals surface area contributed by atoms with Crippen LogP contribution in [0.5, 0.6) is 0 Å². The molecule has 1 N–H and O–H groups in total. The first-order valence-corrected chi connectivity index (χ1v) is 10.7. The zero-order chi connectivity index (χ0) is 23.6. The van der Waals surface area contributed by atoms with Gasteiger partial charge >= 0.3 is 30.9 Å². The molecule has 3 fully saturated rings. The van der Waals surface area contributed by atoms with Gasteiger partial charge < -0.3 is 20.7 Å². The van der Waals surface area contributed by atoms with Crippen molar-refractivity contribution >= 4 is 29.4 Å². The van der Waals surface area contributed by atoms with Gasteiger partial charge in [0.2, 0.25) is 0 Å². The van der Waals surface area contributed by atoms with Gasteiger partial charge in [0.15, 0.2) is 17.4 Å². The van der Waals surface area contributed by atoms with E-state index in [1.165, 1.54) is 20.0 Å². The van der Waals surface area contributed by atoms with Crippen molar-refractivity contribution in [3.63, 3.8) is 0 Å². The first-order valence-electron chi connectivity index (χ1n) is 10.7. The van der Waals surface area contributed by atoms with Gasteiger partial charge in [0.25, 0.3) is 0 Å². The third kappa shape index (κ3) is 13.3. The molecule has 0 saturated carbocycles. The van der Waals surface area contributed by atoms with Crippen LogP contribution in [0.3, 0.4) is 0 Å². The van der Waals surface area contributed by atoms with E-state index in [2.05, 4.69) is 4.74 Å². The third-order valence-corrected chi connectivity index (χ3v) is 5.03. The average Bonchev–Trinajstić information content (AvgIpc) is 3.42. The monoisotopic (exact) mass is 490 g/mol. The fourth-order valence-corrected chi connectivity index (χ4v) is 3.40. The molecule has 3 heterocycles. The largest absolute Gasteiger partial charge is 1.00 e. The number of nitrogens with zero attached hydrogens (tertiary/aromatic N) is 2. The number of alkyl halides is 2. The molecule has 0 radical (unpaired) electrons. The summed E-state index contributed by atoms with van der Waals surface area (Å²) in [5.74, 6) is -0.615. The summed E-state index contributed by atoms with van der Waals surface area (Å²) in [4.78, 5) is 26.1. The summed E-state index contributed by atoms with van der Waals surface area (Å²) in [5.41, 5.74) is -0.674. The molecule has 4 atom stereocenters. The summed E-state index contributed by atoms with van der Waals surface area (Å²) in [7, 11) is 3.04. The van der Waals surface area contributed by atoms with Crippen molar-refractivity contribution in [3.8, 4) is 0 Å². The predicted octanol–water partition coefficient (Wildman–Crippen LogP) is -1.74. The number of halogens is 2. The summed E-state index contributed by atoms with van der Waals surface area (Å²) in [6.45, 7) is 7.56. The van der Waals surface area contributed by atoms with Crippen LogP contribution in [-0.4, -0.2) is 121 Å². The van der Waals surface area contributed by atoms with E-state index < -0.39 is 36.0 Å². The van der Waals surface area contributed by atoms with Gasteiger partial charge in [-0.15, -0.1) is 0 Å². The Labute approximate surface area is 220 Å². The molecule has 12 heteroatoms. The number of carbonyl (C=O) groups excluding carboxylic acids is 2. The maximum Gasteiger partial charge on any atom is 1.00 e. The van der Waals surface area contributed by atoms with Crippen LogP contribution in [0.25, 0.3) is 0 Å². The van der Waals surface area contributed by atoms with E-state index in [0.29, 0.717) is 13.0 Å². The molecule has 3 aliphatic heterocycles. The van der Waals surface area contributed by atoms with Gasteiger partial charge in [0, 0.05) is 32.2 Å². The van der Waals surface area contributed by atoms with Crippen LogP contribution in [-0.2, 0) is 19.0 Å². The standard InChI is InChI=1S/C11H18FNO4.C6H12FNO.C4H8O.Al.Li.4H/c1-11(2,3)17-10(15)13-6-7(12)5-8(13)9(14)16-4;1-8-3-5(7)2-6(8)4-9;1-2-4-5-3-1;;;;;;/h7-8H,5-6H2,1-4H3;5-6,9H,2-4H2,1H3;1-4H2;;;;;;/q;;;;+1;;;;-1/t7-,8-;5-,6-;;;;;;;/m00......./s1. The maximum absolute atomic E-state index is 13.3. The van der Waals surface area contributed by atoms with Crippen molar-refractivity contribution in [2.24, 2.45) is 0 Å². The number of methoxy groups -OCH3 is 1. The molecule has 190 valence electrons. The van der Waals surface area contributed by atoms with E-state index in [-0.39, 0.29) is 63.3 Å². The summed E-state index contributed by atoms with van der Waals surface area (Å²) in [6.07, 6.45) is 0.380. The molecule has 0 aromatic rings. The molecule has 33 heavy (non-hydrogen) atoms. The van der Waals surface area contributed by atoms with Crippen LogP contribution >= 0.6 is 0 Å². The summed E-state index contributed by atoms with van der Waals surface area (Å²) >= 11 is 0. The van der Waals surface area contributed by atoms with E-state index in [1.807, 2.05) is 11.9 Å². The molecule has 0 aliphatic carbocycles. The fourth-order valence-electron chi connectivity index (χ4n) is 3.40. The molecule has 3 rings (SSSR count). The topological polar surface area (TPSA) is 88.5 Å². The minimum Gasteiger partial charge on any atom is -1.00 e. The number of hydrogen-bond acceptors (Lipinski definition) is 7. The van der Waals surface area contributed by atoms with E-state index >= 15 is 0 Å². The van der Waals surface area contributed by atoms with E-state index in [9.17, 15) is 18.4 Å². The van der Waals surface area contributed by atoms with Crippen LogP contribution in [0.2, 0.25) is 0 Å². The molecule has 3 aliphatic rings. The van der Waals surface area contributed by atoms with Gasteiger partial charge in [0.05, 0.1) is 20.3 Å². The number of ether oxygens (including phenoxy) is 3. The van der Waals surface area contributed by atoms with E-state index in [4.69, 9.17) is 14.6 Å². The molecule has 3 saturated heterocycles. The average molecular weight is 490 g/mol. The fraction of sp³-hybridized carbons (Fsp3) is 0.905. The molecule has 8 nitrogen and oxygen atoms in total. The summed E-state index contributed by atoms with van der Waals surface area (Å²) in [6, 6.07) is -0.829. The second kappa shape index (κ2) is 17.1. The van der Waals surface area contributed by atoms with Crippen molar-refractivity contribution in [1.29, 1.82) is 0 Å². The number of likely N-dealkylation sites (tertiary alicyclic amines) is 2. The first-order chi connectivity index (χ1) is 14.5. The van der Waals surface area contributed by atoms with Crippen molar-refractivity contribution in [3.05, 3.63) is 0 Å². The van der Waals surface area contributed by atoms with Crippen LogP contribution in [0.4, 0.5) is 13.6 Å². The van der Waals surface area contributed by atoms with Crippen molar-refractivity contribution in [2.45, 2.75) is 76.5 Å². The Balaban J connectivity index is -0.000000475. The van der Waals surface area contributed by atoms with Gasteiger partial charge in [-0.05, 0) is 47.1 Å². The number of esters is 1. The third-order valence-electron chi connectivity index (χ3n) is 5.03. The van der Waals surface area contributed by atoms with Crippen molar-refractivity contribution < 1.29 is 58.0 Å². The summed E-state index contributed by atoms with van der Waals surface area (Å²) in [5, 5.41) is 8.65. The Bertz CT molecular complexity index is 568. The summed E-state index contributed by atoms with van der Waals surface area (Å²) < 4.78 is 40.3. The number of aliphatic hydroxyl groups is 1. The number of amides is 1. The minimum atomic E-state index is -1.22. The molecule has 0 aromatic carbocycles. The van der Waals surface area contributed by atoms with Crippen LogP contribution < -0.4 is 18.9 Å². The number of likely N-dealkylation sites (N-methyl/N-ethyl adjacent to an activating group) is 1. The predicted molar refractivity (Wildman–Crippen MR) is 122 cm³/mol. The quantitative estimate of drug-likeness (QED) is 0.363. The zero-order valence-electron chi connectivity index (χ0n) is 21.3. The second-order valence-electron chi connectivity index (χ2n) is 8.93. The van der Waals surface area contributed by atoms with E-state index in [1.54, 1.807) is 20.8 Å². The van der Waals surface area contributed by atoms with Gasteiger partial charge in [-0.25, -0.2) is 18.4 Å². The number of hydrogen-bond donors (Lipinski definition) is 1. The minimum absolute atomic E-state index is 0. The first kappa shape index (κ1) is 34.8. The number of carbonyl (C=O) groups is 2. The molecular weight excluding hydrogens is 448 g/mol. The molecule has 0 spiro atoms. The number of rotatable bonds is 2. The molecule has 0 aromatic heterocycles. The van der Waals surface area contributed by atoms with Crippen molar-refractivity contribution in [2.75, 3.05) is 47.1 Å². The maximum atomic E-state index is 13.3. The molecule has 0 bridgehead atoms. The Morgan fingerprint density at radius 1 is 1.12 bits per heavy atom. The Morgan fingerprint density at radius 2 is 1.67 bits per heavy atom. The van der Waals surface area contributed by atoms with Gasteiger partial charge in [-0.1, -0.05) is 0 Å². The van der Waals surface area contributed by atoms with E-state index in [0.717, 1.165) is 18.1 Å². The zero-order valence-corrected chi connectivity index (χ0v) is 20.3. The van der Waals surface area contributed by atoms with Crippen molar-refractivity contribution in [1.82, 2.24) is 9.80 Å². The Hall–Kier alpha value is -0.390. The van der Waals surface area contributed by atoms with Gasteiger partial charge in [0.1, 0.15) is 24.0 Å². The van der Waals surface area contributed by atoms with Crippen LogP contribution in [0.1, 0.15) is 47.9 Å². The van der Waals surface area contributed by atoms with Crippen LogP contribution in [0, 0.1) is 0 Å². The molecule has 0 unspecified atom stereocenters. The van der Waals surface area contributed by atoms with Gasteiger partial charge in [-0.3, -0.25) is 9.80 Å². The van der Waals surface area contributed by atoms with Gasteiger partial charge in [-0.2, -0.15) is 0 Å². The SMILES string of the molecule is C1CCOC1.CN1C[C@@H](F)C[C@H]1CO.COC(=O)[C@@H]1C[C@H](F)CN1C(=O)OC(C)(C)C.[AlH3].[H-].[Li+]. The second-order valence-corrected chi connectivity index (χ2v) is 8.93. The van der Waals surface area contributed by atoms with Crippen LogP contribution in [0.15, 0.2) is 0 Å². The normalized spacial score (nSPS) is 26.6. The molecule has 1 amide bonds.